The largest absolute Gasteiger partial charge is 3.00 e. The van der Waals surface area contributed by atoms with E-state index in [0.717, 1.165) is 69.8 Å². The van der Waals surface area contributed by atoms with Gasteiger partial charge in [-0.15, -0.1) is 87.4 Å². The monoisotopic (exact) mass is 1660 g/mol. The van der Waals surface area contributed by atoms with Gasteiger partial charge < -0.3 is 22.8 Å². The number of rotatable bonds is 14. The minimum Gasteiger partial charge on any atom is -0.340 e. The molecule has 0 aliphatic heterocycles. The molecule has 0 amide bonds. The number of benzene rings is 15. The normalized spacial score (nSPS) is 12.0. The number of nitrogens with zero attached hydrogens (tertiary/aromatic N) is 8. The second-order valence-corrected chi connectivity index (χ2v) is 30.7. The van der Waals surface area contributed by atoms with Crippen molar-refractivity contribution in [2.45, 2.75) is 87.0 Å². The Morgan fingerprint density at radius 3 is 1.30 bits per heavy atom. The molecule has 115 heavy (non-hydrogen) atoms. The van der Waals surface area contributed by atoms with Crippen LogP contribution in [0.1, 0.15) is 88.6 Å². The van der Waals surface area contributed by atoms with Crippen molar-refractivity contribution in [2.24, 2.45) is 0 Å². The van der Waals surface area contributed by atoms with Gasteiger partial charge >= 0.3 is 20.1 Å². The van der Waals surface area contributed by atoms with Crippen LogP contribution in [0.4, 0.5) is 0 Å². The molecule has 8 nitrogen and oxygen atoms in total. The fourth-order valence-corrected chi connectivity index (χ4v) is 17.4. The molecule has 2 atom stereocenters. The first-order valence-corrected chi connectivity index (χ1v) is 39.6. The van der Waals surface area contributed by atoms with Gasteiger partial charge in [-0.1, -0.05) is 240 Å². The molecule has 0 N–H and O–H groups in total. The smallest absolute Gasteiger partial charge is 0.340 e. The van der Waals surface area contributed by atoms with E-state index in [9.17, 15) is 0 Å². The van der Waals surface area contributed by atoms with E-state index in [1.807, 2.05) is 55.2 Å². The molecule has 0 aliphatic rings. The van der Waals surface area contributed by atoms with E-state index in [4.69, 9.17) is 4.98 Å². The predicted molar refractivity (Wildman–Crippen MR) is 476 cm³/mol. The van der Waals surface area contributed by atoms with Crippen LogP contribution in [0.25, 0.3) is 150 Å². The summed E-state index contributed by atoms with van der Waals surface area (Å²) < 4.78 is 11.3. The molecule has 15 aromatic carbocycles. The zero-order valence-corrected chi connectivity index (χ0v) is 68.6. The Kier molecular flexibility index (Phi) is 20.7. The summed E-state index contributed by atoms with van der Waals surface area (Å²) in [6.07, 6.45) is 13.8. The van der Waals surface area contributed by atoms with E-state index in [1.54, 1.807) is 0 Å². The minimum absolute atomic E-state index is 0. The molecule has 0 saturated carbocycles. The summed E-state index contributed by atoms with van der Waals surface area (Å²) in [4.78, 5) is 13.9. The standard InChI is InChI=1S/C64H53N4.2C21H17N2.Ir/c1-6-45(49-22-23-51-38-52(25-24-50(51)37-49)64-65-32-33-66(64)63-43(4)34-41(2)35-44(63)5)36-42(3)47-28-31-62-58(40-47)57-18-9-12-21-61(57)67(62)53-29-26-46(27-30-53)48-14-13-15-54(39-48)68-59-19-10-7-16-55(59)56-17-8-11-20-60(56)68;2*1-15-7-10-20(16(2)13-15)23-12-11-22-21(23)19-9-8-17-5-3-4-6-18(17)14-19;/h7-24,26-35,37-40,42,45H,6,36H2,1-5H3;2*3-8,10-14H,1-2H3;/q3*-1;+3. The summed E-state index contributed by atoms with van der Waals surface area (Å²) in [5, 5.41) is 12.3. The molecule has 5 heterocycles. The second kappa shape index (κ2) is 31.9. The van der Waals surface area contributed by atoms with Crippen molar-refractivity contribution >= 4 is 75.9 Å². The third-order valence-electron chi connectivity index (χ3n) is 22.9. The number of hydrogen-bond acceptors (Lipinski definition) is 3. The molecule has 20 aromatic rings. The molecule has 560 valence electrons. The van der Waals surface area contributed by atoms with E-state index < -0.39 is 0 Å². The van der Waals surface area contributed by atoms with Crippen LogP contribution in [-0.2, 0) is 20.1 Å². The molecule has 9 heteroatoms. The summed E-state index contributed by atoms with van der Waals surface area (Å²) in [6.45, 7) is 19.7. The fourth-order valence-electron chi connectivity index (χ4n) is 17.4. The van der Waals surface area contributed by atoms with Crippen molar-refractivity contribution in [3.05, 3.63) is 397 Å². The van der Waals surface area contributed by atoms with E-state index >= 15 is 0 Å². The van der Waals surface area contributed by atoms with Gasteiger partial charge in [0.1, 0.15) is 0 Å². The number of fused-ring (bicyclic) bond motifs is 9. The van der Waals surface area contributed by atoms with Crippen molar-refractivity contribution in [2.75, 3.05) is 0 Å². The van der Waals surface area contributed by atoms with Gasteiger partial charge in [-0.3, -0.25) is 15.0 Å². The summed E-state index contributed by atoms with van der Waals surface area (Å²) in [5.74, 6) is 3.56. The van der Waals surface area contributed by atoms with E-state index in [-0.39, 0.29) is 20.1 Å². The number of aromatic nitrogens is 8. The molecule has 20 rings (SSSR count). The Bertz CT molecular complexity index is 6780. The molecule has 5 aromatic heterocycles. The molecule has 0 fully saturated rings. The SMILES string of the molecule is CCC(CC(C)c1ccc2c(c1)c1ccccc1n2-c1ccc(-c2cccc(-n3c4ccccc4c4ccccc43)c2)cc1)c1ccc2cc(-c3nccn3-c3c(C)cc(C)cc3C)[c-]cc2c1.Cc1ccc(-n2ccnc2-c2[c-]cc3ccccc3c2)c(C)c1.Cc1ccc(-n2ccnc2-c2[c-]cc3ccccc3c2)c(C)c1.[Ir+3]. The molecule has 0 radical (unpaired) electrons. The van der Waals surface area contributed by atoms with Crippen molar-refractivity contribution in [1.82, 2.24) is 37.8 Å². The summed E-state index contributed by atoms with van der Waals surface area (Å²) in [7, 11) is 0. The van der Waals surface area contributed by atoms with Gasteiger partial charge in [0.15, 0.2) is 0 Å². The third kappa shape index (κ3) is 14.5. The Morgan fingerprint density at radius 2 is 0.774 bits per heavy atom. The maximum absolute atomic E-state index is 4.81. The Labute approximate surface area is 686 Å². The molecular weight excluding hydrogens is 1580 g/mol. The number of imidazole rings is 3. The first-order chi connectivity index (χ1) is 55.7. The minimum atomic E-state index is 0. The van der Waals surface area contributed by atoms with Crippen molar-refractivity contribution < 1.29 is 20.1 Å². The van der Waals surface area contributed by atoms with Gasteiger partial charge in [0.2, 0.25) is 0 Å². The maximum Gasteiger partial charge on any atom is 3.00 e. The molecule has 2 unspecified atom stereocenters. The van der Waals surface area contributed by atoms with Crippen LogP contribution in [0.2, 0.25) is 0 Å². The molecule has 0 bridgehead atoms. The Hall–Kier alpha value is -13.0. The summed E-state index contributed by atoms with van der Waals surface area (Å²) >= 11 is 0. The quantitative estimate of drug-likeness (QED) is 0.102. The van der Waals surface area contributed by atoms with Crippen LogP contribution >= 0.6 is 0 Å². The van der Waals surface area contributed by atoms with Crippen LogP contribution in [0.5, 0.6) is 0 Å². The topological polar surface area (TPSA) is 63.3 Å². The van der Waals surface area contributed by atoms with Gasteiger partial charge in [-0.25, -0.2) is 0 Å². The van der Waals surface area contributed by atoms with E-state index in [2.05, 4.69) is 386 Å². The average Bonchev–Trinajstić information content (AvgIpc) is 1.60. The molecule has 0 saturated heterocycles. The van der Waals surface area contributed by atoms with Crippen molar-refractivity contribution in [1.29, 1.82) is 0 Å². The molecular formula is C106H87IrN8. The van der Waals surface area contributed by atoms with Gasteiger partial charge in [0.25, 0.3) is 0 Å². The van der Waals surface area contributed by atoms with Gasteiger partial charge in [-0.2, -0.15) is 0 Å². The van der Waals surface area contributed by atoms with Crippen LogP contribution in [-0.4, -0.2) is 37.8 Å². The van der Waals surface area contributed by atoms with Crippen LogP contribution in [0.15, 0.2) is 328 Å². The predicted octanol–water partition coefficient (Wildman–Crippen LogP) is 27.2. The van der Waals surface area contributed by atoms with Gasteiger partial charge in [-0.05, 0) is 179 Å². The zero-order valence-electron chi connectivity index (χ0n) is 66.2. The van der Waals surface area contributed by atoms with E-state index in [1.165, 1.54) is 143 Å². The first-order valence-electron chi connectivity index (χ1n) is 39.6. The second-order valence-electron chi connectivity index (χ2n) is 30.7. The van der Waals surface area contributed by atoms with Crippen molar-refractivity contribution in [3.8, 4) is 73.7 Å². The zero-order chi connectivity index (χ0) is 77.7. The molecule has 0 spiro atoms. The number of hydrogen-bond donors (Lipinski definition) is 0. The van der Waals surface area contributed by atoms with Crippen LogP contribution in [0.3, 0.4) is 0 Å². The number of aryl methyl sites for hydroxylation is 7. The third-order valence-corrected chi connectivity index (χ3v) is 22.9. The summed E-state index contributed by atoms with van der Waals surface area (Å²) in [6, 6.07) is 116. The van der Waals surface area contributed by atoms with Gasteiger partial charge in [0, 0.05) is 87.2 Å². The average molecular weight is 1670 g/mol. The fraction of sp³-hybridized carbons (Fsp3) is 0.123. The van der Waals surface area contributed by atoms with E-state index in [0.29, 0.717) is 11.8 Å². The molecule has 0 aliphatic carbocycles. The van der Waals surface area contributed by atoms with Crippen molar-refractivity contribution in [3.63, 3.8) is 0 Å². The first kappa shape index (κ1) is 74.7. The number of para-hydroxylation sites is 3. The summed E-state index contributed by atoms with van der Waals surface area (Å²) in [5.41, 5.74) is 27.7. The Balaban J connectivity index is 0.000000163. The Morgan fingerprint density at radius 1 is 0.330 bits per heavy atom. The van der Waals surface area contributed by atoms with Crippen LogP contribution in [0, 0.1) is 66.7 Å². The maximum atomic E-state index is 4.81. The van der Waals surface area contributed by atoms with Crippen LogP contribution < -0.4 is 0 Å². The van der Waals surface area contributed by atoms with Gasteiger partial charge in [0.05, 0.1) is 39.5 Å².